The van der Waals surface area contributed by atoms with E-state index in [-0.39, 0.29) is 0 Å². The number of nitrogens with one attached hydrogen (secondary N) is 3. The number of hydrogen-bond donors (Lipinski definition) is 3. The van der Waals surface area contributed by atoms with E-state index < -0.39 is 18.0 Å². The van der Waals surface area contributed by atoms with Gasteiger partial charge in [0.2, 0.25) is 0 Å². The van der Waals surface area contributed by atoms with Crippen molar-refractivity contribution in [2.45, 2.75) is 6.04 Å². The minimum Gasteiger partial charge on any atom is -0.370 e. The molecule has 0 bridgehead atoms. The lowest BCUT2D eigenvalue weighted by Gasteiger charge is -2.19. The summed E-state index contributed by atoms with van der Waals surface area (Å²) in [6.45, 7) is 0. The second kappa shape index (κ2) is 7.61. The van der Waals surface area contributed by atoms with E-state index in [1.807, 2.05) is 54.6 Å². The van der Waals surface area contributed by atoms with Crippen molar-refractivity contribution in [1.29, 1.82) is 0 Å². The van der Waals surface area contributed by atoms with Gasteiger partial charge in [0.1, 0.15) is 6.04 Å². The van der Waals surface area contributed by atoms with Crippen molar-refractivity contribution in [1.82, 2.24) is 10.6 Å². The number of anilines is 1. The maximum Gasteiger partial charge on any atom is 0.321 e. The topological polar surface area (TPSA) is 70.2 Å². The van der Waals surface area contributed by atoms with Crippen LogP contribution in [0.5, 0.6) is 0 Å². The van der Waals surface area contributed by atoms with E-state index in [1.54, 1.807) is 0 Å². The van der Waals surface area contributed by atoms with Gasteiger partial charge < -0.3 is 10.6 Å². The van der Waals surface area contributed by atoms with Crippen LogP contribution in [0, 0.1) is 0 Å². The molecule has 0 aliphatic rings. The van der Waals surface area contributed by atoms with Gasteiger partial charge in [-0.3, -0.25) is 10.1 Å². The molecule has 22 heavy (non-hydrogen) atoms. The van der Waals surface area contributed by atoms with Crippen molar-refractivity contribution in [2.75, 3.05) is 12.4 Å². The number of carbonyl (C=O) groups excluding carboxylic acids is 2. The number of hydrogen-bond acceptors (Lipinski definition) is 3. The first kappa shape index (κ1) is 16.0. The molecule has 0 saturated carbocycles. The molecule has 0 radical (unpaired) electrons. The van der Waals surface area contributed by atoms with Crippen LogP contribution in [-0.4, -0.2) is 19.0 Å². The number of halogens is 1. The zero-order valence-corrected chi connectivity index (χ0v) is 13.6. The Morgan fingerprint density at radius 2 is 1.64 bits per heavy atom. The first-order chi connectivity index (χ1) is 10.6. The maximum atomic E-state index is 12.3. The zero-order valence-electron chi connectivity index (χ0n) is 12.0. The van der Waals surface area contributed by atoms with Crippen LogP contribution >= 0.6 is 15.9 Å². The number of carbonyl (C=O) groups is 2. The van der Waals surface area contributed by atoms with Crippen molar-refractivity contribution in [3.63, 3.8) is 0 Å². The fourth-order valence-electron chi connectivity index (χ4n) is 1.91. The second-order valence-corrected chi connectivity index (χ2v) is 5.48. The third-order valence-electron chi connectivity index (χ3n) is 3.01. The number of benzene rings is 2. The molecular formula is C16H16BrN3O2. The fourth-order valence-corrected chi connectivity index (χ4v) is 2.17. The summed E-state index contributed by atoms with van der Waals surface area (Å²) in [5.41, 5.74) is 1.55. The van der Waals surface area contributed by atoms with E-state index in [0.717, 1.165) is 15.7 Å². The zero-order chi connectivity index (χ0) is 15.9. The molecule has 2 aromatic rings. The number of rotatable bonds is 4. The molecule has 0 aliphatic heterocycles. The Morgan fingerprint density at radius 3 is 2.23 bits per heavy atom. The van der Waals surface area contributed by atoms with Crippen molar-refractivity contribution >= 4 is 33.6 Å². The minimum absolute atomic E-state index is 0.423. The van der Waals surface area contributed by atoms with Gasteiger partial charge in [-0.05, 0) is 29.8 Å². The Kier molecular flexibility index (Phi) is 5.55. The van der Waals surface area contributed by atoms with Crippen molar-refractivity contribution in [2.24, 2.45) is 0 Å². The number of amides is 3. The van der Waals surface area contributed by atoms with E-state index in [0.29, 0.717) is 0 Å². The molecule has 0 fully saturated rings. The molecule has 0 heterocycles. The first-order valence-electron chi connectivity index (χ1n) is 6.70. The van der Waals surface area contributed by atoms with Gasteiger partial charge in [-0.15, -0.1) is 0 Å². The first-order valence-corrected chi connectivity index (χ1v) is 7.49. The van der Waals surface area contributed by atoms with Crippen LogP contribution < -0.4 is 16.0 Å². The molecular weight excluding hydrogens is 346 g/mol. The van der Waals surface area contributed by atoms with E-state index >= 15 is 0 Å². The highest BCUT2D eigenvalue weighted by Crippen LogP contribution is 2.21. The summed E-state index contributed by atoms with van der Waals surface area (Å²) >= 11 is 3.37. The Bertz CT molecular complexity index is 644. The fraction of sp³-hybridized carbons (Fsp3) is 0.125. The van der Waals surface area contributed by atoms with Crippen LogP contribution in [0.15, 0.2) is 59.1 Å². The molecule has 1 atom stereocenters. The molecule has 114 valence electrons. The van der Waals surface area contributed by atoms with Crippen LogP contribution in [0.4, 0.5) is 10.5 Å². The van der Waals surface area contributed by atoms with Crippen molar-refractivity contribution in [3.05, 3.63) is 64.6 Å². The Hall–Kier alpha value is -2.34. The van der Waals surface area contributed by atoms with Gasteiger partial charge in [0, 0.05) is 17.2 Å². The van der Waals surface area contributed by atoms with Gasteiger partial charge in [0.25, 0.3) is 5.91 Å². The smallest absolute Gasteiger partial charge is 0.321 e. The molecule has 0 unspecified atom stereocenters. The second-order valence-electron chi connectivity index (χ2n) is 4.56. The van der Waals surface area contributed by atoms with Gasteiger partial charge in [0.05, 0.1) is 0 Å². The standard InChI is InChI=1S/C16H16BrN3O2/c1-18-16(22)20-15(21)14(11-5-3-2-4-6-11)19-13-9-7-12(17)8-10-13/h2-10,14,19H,1H3,(H2,18,20,21,22)/t14-/m0/s1. The molecule has 6 heteroatoms. The predicted molar refractivity (Wildman–Crippen MR) is 89.5 cm³/mol. The third-order valence-corrected chi connectivity index (χ3v) is 3.54. The van der Waals surface area contributed by atoms with Crippen LogP contribution in [0.25, 0.3) is 0 Å². The summed E-state index contributed by atoms with van der Waals surface area (Å²) in [7, 11) is 1.46. The highest BCUT2D eigenvalue weighted by atomic mass is 79.9. The maximum absolute atomic E-state index is 12.3. The Balaban J connectivity index is 2.23. The molecule has 0 saturated heterocycles. The summed E-state index contributed by atoms with van der Waals surface area (Å²) < 4.78 is 0.948. The van der Waals surface area contributed by atoms with Crippen molar-refractivity contribution < 1.29 is 9.59 Å². The lowest BCUT2D eigenvalue weighted by Crippen LogP contribution is -2.42. The summed E-state index contributed by atoms with van der Waals surface area (Å²) in [5.74, 6) is -0.423. The molecule has 5 nitrogen and oxygen atoms in total. The van der Waals surface area contributed by atoms with Crippen LogP contribution in [0.2, 0.25) is 0 Å². The molecule has 0 aromatic heterocycles. The molecule has 2 aromatic carbocycles. The molecule has 3 amide bonds. The van der Waals surface area contributed by atoms with E-state index in [9.17, 15) is 9.59 Å². The Morgan fingerprint density at radius 1 is 1.00 bits per heavy atom. The van der Waals surface area contributed by atoms with E-state index in [4.69, 9.17) is 0 Å². The lowest BCUT2D eigenvalue weighted by atomic mass is 10.1. The predicted octanol–water partition coefficient (Wildman–Crippen LogP) is 3.06. The van der Waals surface area contributed by atoms with Crippen LogP contribution in [0.1, 0.15) is 11.6 Å². The van der Waals surface area contributed by atoms with E-state index in [1.165, 1.54) is 7.05 Å². The summed E-state index contributed by atoms with van der Waals surface area (Å²) in [5, 5.41) is 7.81. The van der Waals surface area contributed by atoms with Crippen LogP contribution in [-0.2, 0) is 4.79 Å². The monoisotopic (exact) mass is 361 g/mol. The van der Waals surface area contributed by atoms with Gasteiger partial charge in [-0.2, -0.15) is 0 Å². The molecule has 0 spiro atoms. The molecule has 0 aliphatic carbocycles. The third kappa shape index (κ3) is 4.33. The molecule has 3 N–H and O–H groups in total. The van der Waals surface area contributed by atoms with Crippen LogP contribution in [0.3, 0.4) is 0 Å². The molecule has 2 rings (SSSR count). The lowest BCUT2D eigenvalue weighted by molar-refractivity contribution is -0.120. The summed E-state index contributed by atoms with van der Waals surface area (Å²) in [6, 6.07) is 15.5. The highest BCUT2D eigenvalue weighted by Gasteiger charge is 2.21. The average molecular weight is 362 g/mol. The largest absolute Gasteiger partial charge is 0.370 e. The minimum atomic E-state index is -0.667. The number of imide groups is 1. The van der Waals surface area contributed by atoms with Gasteiger partial charge in [0.15, 0.2) is 0 Å². The van der Waals surface area contributed by atoms with Crippen molar-refractivity contribution in [3.8, 4) is 0 Å². The van der Waals surface area contributed by atoms with Gasteiger partial charge in [-0.25, -0.2) is 4.79 Å². The SMILES string of the molecule is CNC(=O)NC(=O)[C@@H](Nc1ccc(Br)cc1)c1ccccc1. The normalized spacial score (nSPS) is 11.4. The van der Waals surface area contributed by atoms with Gasteiger partial charge >= 0.3 is 6.03 Å². The Labute approximate surface area is 137 Å². The van der Waals surface area contributed by atoms with E-state index in [2.05, 4.69) is 31.9 Å². The summed E-state index contributed by atoms with van der Waals surface area (Å²) in [6.07, 6.45) is 0. The highest BCUT2D eigenvalue weighted by molar-refractivity contribution is 9.10. The quantitative estimate of drug-likeness (QED) is 0.783. The summed E-state index contributed by atoms with van der Waals surface area (Å²) in [4.78, 5) is 23.7. The average Bonchev–Trinajstić information content (AvgIpc) is 2.54. The number of urea groups is 1. The van der Waals surface area contributed by atoms with Gasteiger partial charge in [-0.1, -0.05) is 46.3 Å².